The normalized spacial score (nSPS) is 11.9. The predicted molar refractivity (Wildman–Crippen MR) is 114 cm³/mol. The van der Waals surface area contributed by atoms with E-state index in [9.17, 15) is 13.2 Å². The Morgan fingerprint density at radius 1 is 0.862 bits per heavy atom. The SMILES string of the molecule is O=C(/C(=C\OCc1ccccc1)S(=O)(=O)c1ccccc1Cl)c1ccc(Cl)cc1. The number of carbonyl (C=O) groups is 1. The highest BCUT2D eigenvalue weighted by Crippen LogP contribution is 2.29. The molecule has 0 amide bonds. The number of halogens is 2. The molecule has 7 heteroatoms. The van der Waals surface area contributed by atoms with Crippen LogP contribution in [0.25, 0.3) is 0 Å². The average Bonchev–Trinajstić information content (AvgIpc) is 2.72. The maximum atomic E-state index is 13.2. The molecule has 4 nitrogen and oxygen atoms in total. The van der Waals surface area contributed by atoms with Gasteiger partial charge in [0.25, 0.3) is 0 Å². The number of rotatable bonds is 7. The predicted octanol–water partition coefficient (Wildman–Crippen LogP) is 5.71. The van der Waals surface area contributed by atoms with Gasteiger partial charge in [0, 0.05) is 10.6 Å². The maximum Gasteiger partial charge on any atom is 0.215 e. The van der Waals surface area contributed by atoms with Crippen molar-refractivity contribution in [3.05, 3.63) is 111 Å². The molecule has 0 atom stereocenters. The summed E-state index contributed by atoms with van der Waals surface area (Å²) in [6.45, 7) is 0.107. The van der Waals surface area contributed by atoms with E-state index in [1.807, 2.05) is 30.3 Å². The lowest BCUT2D eigenvalue weighted by Gasteiger charge is -2.11. The molecule has 3 rings (SSSR count). The molecule has 0 radical (unpaired) electrons. The lowest BCUT2D eigenvalue weighted by atomic mass is 10.1. The molecule has 0 aliphatic rings. The molecule has 0 unspecified atom stereocenters. The fourth-order valence-corrected chi connectivity index (χ4v) is 4.49. The zero-order valence-corrected chi connectivity index (χ0v) is 17.4. The molecule has 0 heterocycles. The summed E-state index contributed by atoms with van der Waals surface area (Å²) in [5.41, 5.74) is 0.997. The fourth-order valence-electron chi connectivity index (χ4n) is 2.55. The molecule has 3 aromatic rings. The minimum absolute atomic E-state index is 0.0189. The first-order valence-corrected chi connectivity index (χ1v) is 10.8. The van der Waals surface area contributed by atoms with Crippen LogP contribution in [0, 0.1) is 0 Å². The third kappa shape index (κ3) is 5.07. The summed E-state index contributed by atoms with van der Waals surface area (Å²) >= 11 is 11.9. The lowest BCUT2D eigenvalue weighted by molar-refractivity contribution is 0.103. The quantitative estimate of drug-likeness (QED) is 0.265. The Labute approximate surface area is 179 Å². The summed E-state index contributed by atoms with van der Waals surface area (Å²) in [5.74, 6) is -0.713. The molecule has 3 aromatic carbocycles. The molecule has 0 saturated carbocycles. The third-order valence-corrected chi connectivity index (χ3v) is 6.52. The number of allylic oxidation sites excluding steroid dienone is 1. The Balaban J connectivity index is 2.01. The zero-order valence-electron chi connectivity index (χ0n) is 15.1. The second kappa shape index (κ2) is 9.27. The van der Waals surface area contributed by atoms with E-state index < -0.39 is 20.5 Å². The van der Waals surface area contributed by atoms with Crippen molar-refractivity contribution in [3.8, 4) is 0 Å². The lowest BCUT2D eigenvalue weighted by Crippen LogP contribution is -2.15. The van der Waals surface area contributed by atoms with E-state index >= 15 is 0 Å². The van der Waals surface area contributed by atoms with Crippen molar-refractivity contribution in [2.45, 2.75) is 11.5 Å². The molecule has 0 saturated heterocycles. The van der Waals surface area contributed by atoms with Gasteiger partial charge in [-0.2, -0.15) is 0 Å². The van der Waals surface area contributed by atoms with Crippen molar-refractivity contribution in [2.24, 2.45) is 0 Å². The highest BCUT2D eigenvalue weighted by atomic mass is 35.5. The standard InChI is InChI=1S/C22H16Cl2O4S/c23-18-12-10-17(11-13-18)22(25)21(15-28-14-16-6-2-1-3-7-16)29(26,27)20-9-5-4-8-19(20)24/h1-13,15H,14H2/b21-15+. The number of carbonyl (C=O) groups excluding carboxylic acids is 1. The summed E-state index contributed by atoms with van der Waals surface area (Å²) in [5, 5.41) is 0.451. The van der Waals surface area contributed by atoms with Crippen LogP contribution in [0.1, 0.15) is 15.9 Å². The van der Waals surface area contributed by atoms with E-state index in [1.165, 1.54) is 42.5 Å². The van der Waals surface area contributed by atoms with E-state index in [4.69, 9.17) is 27.9 Å². The second-order valence-corrected chi connectivity index (χ2v) is 8.78. The van der Waals surface area contributed by atoms with Crippen LogP contribution in [0.3, 0.4) is 0 Å². The molecule has 148 valence electrons. The number of ether oxygens (including phenoxy) is 1. The van der Waals surface area contributed by atoms with Crippen LogP contribution in [0.4, 0.5) is 0 Å². The molecule has 0 fully saturated rings. The molecule has 0 N–H and O–H groups in total. The monoisotopic (exact) mass is 446 g/mol. The van der Waals surface area contributed by atoms with E-state index in [1.54, 1.807) is 6.07 Å². The minimum atomic E-state index is -4.22. The zero-order chi connectivity index (χ0) is 20.9. The fraction of sp³-hybridized carbons (Fsp3) is 0.0455. The van der Waals surface area contributed by atoms with E-state index in [0.29, 0.717) is 5.02 Å². The molecule has 0 spiro atoms. The van der Waals surface area contributed by atoms with Crippen molar-refractivity contribution < 1.29 is 17.9 Å². The van der Waals surface area contributed by atoms with Gasteiger partial charge in [-0.3, -0.25) is 4.79 Å². The smallest absolute Gasteiger partial charge is 0.215 e. The first-order valence-electron chi connectivity index (χ1n) is 8.55. The Morgan fingerprint density at radius 2 is 1.48 bits per heavy atom. The number of benzene rings is 3. The van der Waals surface area contributed by atoms with Crippen LogP contribution in [-0.4, -0.2) is 14.2 Å². The second-order valence-electron chi connectivity index (χ2n) is 6.05. The van der Waals surface area contributed by atoms with Gasteiger partial charge in [-0.15, -0.1) is 0 Å². The Kier molecular flexibility index (Phi) is 6.75. The van der Waals surface area contributed by atoms with E-state index in [0.717, 1.165) is 11.8 Å². The first kappa shape index (κ1) is 21.1. The number of hydrogen-bond donors (Lipinski definition) is 0. The summed E-state index contributed by atoms with van der Waals surface area (Å²) in [6.07, 6.45) is 0.975. The molecular weight excluding hydrogens is 431 g/mol. The van der Waals surface area contributed by atoms with Crippen LogP contribution in [0.15, 0.2) is 94.9 Å². The van der Waals surface area contributed by atoms with Gasteiger partial charge in [-0.1, -0.05) is 65.7 Å². The van der Waals surface area contributed by atoms with Crippen LogP contribution >= 0.6 is 23.2 Å². The Bertz CT molecular complexity index is 1140. The largest absolute Gasteiger partial charge is 0.495 e. The van der Waals surface area contributed by atoms with Crippen LogP contribution in [0.2, 0.25) is 10.0 Å². The van der Waals surface area contributed by atoms with Crippen molar-refractivity contribution in [3.63, 3.8) is 0 Å². The van der Waals surface area contributed by atoms with Gasteiger partial charge in [-0.05, 0) is 42.0 Å². The topological polar surface area (TPSA) is 60.4 Å². The molecule has 29 heavy (non-hydrogen) atoms. The third-order valence-electron chi connectivity index (χ3n) is 4.03. The van der Waals surface area contributed by atoms with E-state index in [2.05, 4.69) is 0 Å². The van der Waals surface area contributed by atoms with Crippen molar-refractivity contribution in [2.75, 3.05) is 0 Å². The molecular formula is C22H16Cl2O4S. The van der Waals surface area contributed by atoms with E-state index in [-0.39, 0.29) is 22.1 Å². The van der Waals surface area contributed by atoms with Crippen molar-refractivity contribution in [1.29, 1.82) is 0 Å². The molecule has 0 aromatic heterocycles. The minimum Gasteiger partial charge on any atom is -0.495 e. The van der Waals surface area contributed by atoms with Gasteiger partial charge in [-0.25, -0.2) is 8.42 Å². The average molecular weight is 447 g/mol. The molecule has 0 bridgehead atoms. The summed E-state index contributed by atoms with van der Waals surface area (Å²) in [4.78, 5) is 12.3. The molecule has 0 aliphatic heterocycles. The first-order chi connectivity index (χ1) is 13.9. The van der Waals surface area contributed by atoms with Crippen LogP contribution < -0.4 is 0 Å². The van der Waals surface area contributed by atoms with Crippen molar-refractivity contribution in [1.82, 2.24) is 0 Å². The number of sulfone groups is 1. The Morgan fingerprint density at radius 3 is 2.14 bits per heavy atom. The van der Waals surface area contributed by atoms with Gasteiger partial charge >= 0.3 is 0 Å². The maximum absolute atomic E-state index is 13.2. The highest BCUT2D eigenvalue weighted by Gasteiger charge is 2.30. The number of ketones is 1. The van der Waals surface area contributed by atoms with Crippen LogP contribution in [0.5, 0.6) is 0 Å². The van der Waals surface area contributed by atoms with Gasteiger partial charge < -0.3 is 4.74 Å². The van der Waals surface area contributed by atoms with Gasteiger partial charge in [0.1, 0.15) is 12.9 Å². The summed E-state index contributed by atoms with van der Waals surface area (Å²) in [6, 6.07) is 21.1. The Hall–Kier alpha value is -2.60. The number of hydrogen-bond acceptors (Lipinski definition) is 4. The van der Waals surface area contributed by atoms with Gasteiger partial charge in [0.15, 0.2) is 4.91 Å². The molecule has 0 aliphatic carbocycles. The summed E-state index contributed by atoms with van der Waals surface area (Å²) in [7, 11) is -4.22. The van der Waals surface area contributed by atoms with Crippen LogP contribution in [-0.2, 0) is 21.2 Å². The van der Waals surface area contributed by atoms with Gasteiger partial charge in [0.05, 0.1) is 9.92 Å². The van der Waals surface area contributed by atoms with Crippen molar-refractivity contribution >= 4 is 38.8 Å². The highest BCUT2D eigenvalue weighted by molar-refractivity contribution is 7.96. The van der Waals surface area contributed by atoms with Gasteiger partial charge in [0.2, 0.25) is 15.6 Å². The summed E-state index contributed by atoms with van der Waals surface area (Å²) < 4.78 is 31.9. The number of Topliss-reactive ketones (excluding diaryl/α,β-unsaturated/α-hetero) is 1.